The number of aryl methyl sites for hydroxylation is 1. The zero-order chi connectivity index (χ0) is 21.7. The van der Waals surface area contributed by atoms with Gasteiger partial charge in [0.15, 0.2) is 0 Å². The van der Waals surface area contributed by atoms with E-state index in [-0.39, 0.29) is 23.6 Å². The van der Waals surface area contributed by atoms with Crippen molar-refractivity contribution in [2.75, 3.05) is 16.3 Å². The quantitative estimate of drug-likeness (QED) is 0.517. The van der Waals surface area contributed by atoms with Gasteiger partial charge >= 0.3 is 12.1 Å². The Morgan fingerprint density at radius 3 is 1.97 bits per heavy atom. The highest BCUT2D eigenvalue weighted by atomic mass is 16.2. The van der Waals surface area contributed by atoms with E-state index in [0.29, 0.717) is 23.2 Å². The molecule has 148 valence electrons. The first-order valence-electron chi connectivity index (χ1n) is 8.63. The molecule has 10 heteroatoms. The van der Waals surface area contributed by atoms with Crippen LogP contribution in [0.2, 0.25) is 0 Å². The Morgan fingerprint density at radius 1 is 0.800 bits per heavy atom. The first-order chi connectivity index (χ1) is 14.5. The summed E-state index contributed by atoms with van der Waals surface area (Å²) in [6, 6.07) is 7.88. The number of rotatable bonds is 7. The summed E-state index contributed by atoms with van der Waals surface area (Å²) in [6.07, 6.45) is 4.59. The second kappa shape index (κ2) is 8.68. The fourth-order valence-corrected chi connectivity index (χ4v) is 2.95. The number of carbonyl (C=O) groups excluding carboxylic acids is 5. The van der Waals surface area contributed by atoms with Crippen LogP contribution in [0.3, 0.4) is 0 Å². The van der Waals surface area contributed by atoms with E-state index in [0.717, 1.165) is 9.80 Å². The molecule has 3 rings (SSSR count). The topological polar surface area (TPSA) is 129 Å². The molecule has 2 aromatic rings. The SMILES string of the molecule is Cc1ccc(N2C(=O)N(c3ccc(CCN=C=O)c(N=C=O)c3)C2=O)cc1N=C=O. The normalized spacial score (nSPS) is 12.4. The number of amides is 4. The van der Waals surface area contributed by atoms with Gasteiger partial charge in [-0.15, -0.1) is 0 Å². The summed E-state index contributed by atoms with van der Waals surface area (Å²) >= 11 is 0. The van der Waals surface area contributed by atoms with Crippen LogP contribution in [0.25, 0.3) is 0 Å². The molecular weight excluding hydrogens is 390 g/mol. The molecule has 0 N–H and O–H groups in total. The maximum absolute atomic E-state index is 12.6. The molecule has 0 saturated carbocycles. The molecule has 30 heavy (non-hydrogen) atoms. The molecule has 1 aliphatic heterocycles. The van der Waals surface area contributed by atoms with Gasteiger partial charge in [0.05, 0.1) is 29.3 Å². The van der Waals surface area contributed by atoms with Gasteiger partial charge in [-0.1, -0.05) is 12.1 Å². The summed E-state index contributed by atoms with van der Waals surface area (Å²) in [5.74, 6) is 0. The Labute approximate surface area is 169 Å². The van der Waals surface area contributed by atoms with E-state index in [1.807, 2.05) is 0 Å². The van der Waals surface area contributed by atoms with Crippen LogP contribution in [0.5, 0.6) is 0 Å². The number of imide groups is 2. The van der Waals surface area contributed by atoms with Crippen LogP contribution in [-0.4, -0.2) is 36.8 Å². The van der Waals surface area contributed by atoms with Gasteiger partial charge in [-0.05, 0) is 48.7 Å². The molecule has 10 nitrogen and oxygen atoms in total. The van der Waals surface area contributed by atoms with E-state index in [4.69, 9.17) is 0 Å². The lowest BCUT2D eigenvalue weighted by Crippen LogP contribution is -2.64. The first kappa shape index (κ1) is 20.3. The smallest absolute Gasteiger partial charge is 0.246 e. The number of nitrogens with zero attached hydrogens (tertiary/aromatic N) is 5. The molecule has 0 spiro atoms. The number of carbonyl (C=O) groups is 2. The van der Waals surface area contributed by atoms with Crippen LogP contribution in [-0.2, 0) is 20.8 Å². The van der Waals surface area contributed by atoms with E-state index in [2.05, 4.69) is 15.0 Å². The van der Waals surface area contributed by atoms with Crippen molar-refractivity contribution in [1.29, 1.82) is 0 Å². The Morgan fingerprint density at radius 2 is 1.37 bits per heavy atom. The van der Waals surface area contributed by atoms with Gasteiger partial charge in [-0.3, -0.25) is 0 Å². The Balaban J connectivity index is 1.89. The molecule has 1 heterocycles. The van der Waals surface area contributed by atoms with Gasteiger partial charge in [0.2, 0.25) is 18.2 Å². The average molecular weight is 403 g/mol. The van der Waals surface area contributed by atoms with Gasteiger partial charge in [0.25, 0.3) is 0 Å². The molecule has 0 unspecified atom stereocenters. The highest BCUT2D eigenvalue weighted by molar-refractivity contribution is 6.41. The van der Waals surface area contributed by atoms with Crippen LogP contribution < -0.4 is 9.80 Å². The van der Waals surface area contributed by atoms with Crippen molar-refractivity contribution in [3.63, 3.8) is 0 Å². The molecule has 0 atom stereocenters. The fourth-order valence-electron chi connectivity index (χ4n) is 2.95. The monoisotopic (exact) mass is 403 g/mol. The Kier molecular flexibility index (Phi) is 5.86. The molecule has 0 aliphatic carbocycles. The molecule has 0 radical (unpaired) electrons. The van der Waals surface area contributed by atoms with Gasteiger partial charge in [-0.2, -0.15) is 9.98 Å². The summed E-state index contributed by atoms with van der Waals surface area (Å²) in [4.78, 5) is 69.2. The second-order valence-electron chi connectivity index (χ2n) is 6.15. The second-order valence-corrected chi connectivity index (χ2v) is 6.15. The lowest BCUT2D eigenvalue weighted by Gasteiger charge is -2.39. The number of isocyanates is 3. The van der Waals surface area contributed by atoms with Crippen molar-refractivity contribution in [3.8, 4) is 0 Å². The maximum atomic E-state index is 12.6. The lowest BCUT2D eigenvalue weighted by molar-refractivity contribution is 0.226. The number of hydrogen-bond donors (Lipinski definition) is 0. The van der Waals surface area contributed by atoms with E-state index in [1.54, 1.807) is 25.1 Å². The number of benzene rings is 2. The Bertz CT molecular complexity index is 1170. The van der Waals surface area contributed by atoms with Crippen LogP contribution in [0.1, 0.15) is 11.1 Å². The summed E-state index contributed by atoms with van der Waals surface area (Å²) in [6.45, 7) is 1.88. The van der Waals surface area contributed by atoms with Crippen molar-refractivity contribution in [2.45, 2.75) is 13.3 Å². The minimum Gasteiger partial charge on any atom is -0.246 e. The summed E-state index contributed by atoms with van der Waals surface area (Å²) < 4.78 is 0. The minimum atomic E-state index is -0.621. The third-order valence-electron chi connectivity index (χ3n) is 4.43. The van der Waals surface area contributed by atoms with Gasteiger partial charge in [0, 0.05) is 0 Å². The standard InChI is InChI=1S/C20H13N5O5/c1-13-2-4-15(8-17(13)22-11-27)24-19(29)25(20(24)30)16-5-3-14(6-7-21-10-26)18(9-16)23-12-28/h2-5,8-9H,6-7H2,1H3. The van der Waals surface area contributed by atoms with E-state index in [1.165, 1.54) is 36.4 Å². The van der Waals surface area contributed by atoms with Crippen LogP contribution in [0.4, 0.5) is 32.3 Å². The number of anilines is 2. The summed E-state index contributed by atoms with van der Waals surface area (Å²) in [5, 5.41) is 0. The zero-order valence-electron chi connectivity index (χ0n) is 15.7. The van der Waals surface area contributed by atoms with Crippen molar-refractivity contribution < 1.29 is 24.0 Å². The van der Waals surface area contributed by atoms with Gasteiger partial charge < -0.3 is 0 Å². The third-order valence-corrected chi connectivity index (χ3v) is 4.43. The molecule has 4 amide bonds. The highest BCUT2D eigenvalue weighted by Crippen LogP contribution is 2.35. The number of aliphatic imine (C=N–C) groups is 3. The third kappa shape index (κ3) is 3.73. The van der Waals surface area contributed by atoms with Crippen molar-refractivity contribution >= 4 is 53.1 Å². The largest absolute Gasteiger partial charge is 0.345 e. The van der Waals surface area contributed by atoms with Crippen molar-refractivity contribution in [2.24, 2.45) is 15.0 Å². The van der Waals surface area contributed by atoms with Crippen LogP contribution >= 0.6 is 0 Å². The van der Waals surface area contributed by atoms with Crippen molar-refractivity contribution in [3.05, 3.63) is 47.5 Å². The molecular formula is C20H13N5O5. The molecule has 1 saturated heterocycles. The summed E-state index contributed by atoms with van der Waals surface area (Å²) in [5.41, 5.74) is 2.26. The van der Waals surface area contributed by atoms with E-state index >= 15 is 0 Å². The molecule has 1 fully saturated rings. The zero-order valence-corrected chi connectivity index (χ0v) is 15.7. The fraction of sp³-hybridized carbons (Fsp3) is 0.150. The van der Waals surface area contributed by atoms with E-state index < -0.39 is 12.1 Å². The maximum Gasteiger partial charge on any atom is 0.345 e. The Hall–Kier alpha value is -4.48. The van der Waals surface area contributed by atoms with Crippen molar-refractivity contribution in [1.82, 2.24) is 0 Å². The van der Waals surface area contributed by atoms with Crippen LogP contribution in [0, 0.1) is 6.92 Å². The van der Waals surface area contributed by atoms with Gasteiger partial charge in [-0.25, -0.2) is 38.8 Å². The highest BCUT2D eigenvalue weighted by Gasteiger charge is 2.46. The average Bonchev–Trinajstić information content (AvgIpc) is 2.73. The molecule has 0 bridgehead atoms. The number of urea groups is 2. The predicted molar refractivity (Wildman–Crippen MR) is 106 cm³/mol. The van der Waals surface area contributed by atoms with E-state index in [9.17, 15) is 24.0 Å². The predicted octanol–water partition coefficient (Wildman–Crippen LogP) is 3.37. The number of hydrogen-bond acceptors (Lipinski definition) is 8. The van der Waals surface area contributed by atoms with Gasteiger partial charge in [0.1, 0.15) is 0 Å². The summed E-state index contributed by atoms with van der Waals surface area (Å²) in [7, 11) is 0. The minimum absolute atomic E-state index is 0.151. The molecule has 1 aliphatic rings. The first-order valence-corrected chi connectivity index (χ1v) is 8.63. The lowest BCUT2D eigenvalue weighted by atomic mass is 10.1. The molecule has 2 aromatic carbocycles. The molecule has 0 aromatic heterocycles. The van der Waals surface area contributed by atoms with Crippen LogP contribution in [0.15, 0.2) is 51.4 Å².